The van der Waals surface area contributed by atoms with E-state index in [1.165, 1.54) is 25.9 Å². The zero-order chi connectivity index (χ0) is 13.4. The number of rotatable bonds is 3. The highest BCUT2D eigenvalue weighted by atomic mass is 35.5. The highest BCUT2D eigenvalue weighted by Crippen LogP contribution is 2.46. The minimum atomic E-state index is -2.91. The van der Waals surface area contributed by atoms with Gasteiger partial charge in [0.2, 0.25) is 11.8 Å². The Hall–Kier alpha value is -0.910. The molecule has 98 valence electrons. The molecular formula is C10H15ClF2N2O2. The maximum absolute atomic E-state index is 13.0. The fourth-order valence-corrected chi connectivity index (χ4v) is 1.94. The topological polar surface area (TPSA) is 49.4 Å². The molecule has 1 saturated carbocycles. The van der Waals surface area contributed by atoms with Crippen molar-refractivity contribution in [3.8, 4) is 0 Å². The first-order chi connectivity index (χ1) is 7.60. The van der Waals surface area contributed by atoms with Crippen molar-refractivity contribution >= 4 is 23.4 Å². The smallest absolute Gasteiger partial charge is 0.253 e. The molecule has 0 saturated heterocycles. The number of amides is 2. The second-order valence-corrected chi connectivity index (χ2v) is 5.25. The summed E-state index contributed by atoms with van der Waals surface area (Å²) in [6, 6.07) is 0. The molecule has 0 bridgehead atoms. The maximum atomic E-state index is 13.0. The number of alkyl halides is 3. The molecule has 0 spiro atoms. The normalized spacial score (nSPS) is 22.2. The molecule has 7 heteroatoms. The van der Waals surface area contributed by atoms with Gasteiger partial charge in [0.05, 0.1) is 0 Å². The van der Waals surface area contributed by atoms with Crippen LogP contribution in [0.1, 0.15) is 19.8 Å². The third kappa shape index (κ3) is 2.86. The minimum Gasteiger partial charge on any atom is -0.347 e. The van der Waals surface area contributed by atoms with Crippen molar-refractivity contribution in [3.63, 3.8) is 0 Å². The van der Waals surface area contributed by atoms with Crippen molar-refractivity contribution in [2.75, 3.05) is 14.1 Å². The third-order valence-corrected chi connectivity index (χ3v) is 2.86. The Morgan fingerprint density at radius 1 is 1.35 bits per heavy atom. The lowest BCUT2D eigenvalue weighted by Gasteiger charge is -2.47. The molecular weight excluding hydrogens is 254 g/mol. The van der Waals surface area contributed by atoms with E-state index in [1.54, 1.807) is 0 Å². The Labute approximate surface area is 103 Å². The molecule has 1 unspecified atom stereocenters. The summed E-state index contributed by atoms with van der Waals surface area (Å²) >= 11 is 5.55. The first-order valence-electron chi connectivity index (χ1n) is 5.15. The van der Waals surface area contributed by atoms with Gasteiger partial charge < -0.3 is 10.2 Å². The van der Waals surface area contributed by atoms with Gasteiger partial charge in [-0.3, -0.25) is 9.59 Å². The Morgan fingerprint density at radius 3 is 2.12 bits per heavy atom. The molecule has 17 heavy (non-hydrogen) atoms. The first kappa shape index (κ1) is 14.2. The summed E-state index contributed by atoms with van der Waals surface area (Å²) < 4.78 is 25.9. The van der Waals surface area contributed by atoms with Gasteiger partial charge in [-0.05, 0) is 6.92 Å². The van der Waals surface area contributed by atoms with Crippen molar-refractivity contribution in [1.82, 2.24) is 10.2 Å². The van der Waals surface area contributed by atoms with Crippen molar-refractivity contribution in [2.24, 2.45) is 0 Å². The average Bonchev–Trinajstić information content (AvgIpc) is 2.12. The van der Waals surface area contributed by atoms with Crippen LogP contribution in [0, 0.1) is 0 Å². The van der Waals surface area contributed by atoms with Gasteiger partial charge in [0.1, 0.15) is 10.9 Å². The summed E-state index contributed by atoms with van der Waals surface area (Å²) in [5, 5.41) is 1.46. The van der Waals surface area contributed by atoms with Gasteiger partial charge in [0.15, 0.2) is 0 Å². The van der Waals surface area contributed by atoms with E-state index >= 15 is 0 Å². The van der Waals surface area contributed by atoms with Gasteiger partial charge in [-0.2, -0.15) is 0 Å². The molecule has 0 heterocycles. The minimum absolute atomic E-state index is 0.533. The van der Waals surface area contributed by atoms with E-state index in [2.05, 4.69) is 5.32 Å². The molecule has 0 aromatic rings. The van der Waals surface area contributed by atoms with Gasteiger partial charge in [0, 0.05) is 26.9 Å². The van der Waals surface area contributed by atoms with Gasteiger partial charge in [-0.15, -0.1) is 11.6 Å². The fourth-order valence-electron chi connectivity index (χ4n) is 1.89. The third-order valence-electron chi connectivity index (χ3n) is 2.66. The lowest BCUT2D eigenvalue weighted by Crippen LogP contribution is -2.69. The van der Waals surface area contributed by atoms with Gasteiger partial charge in [-0.1, -0.05) is 0 Å². The van der Waals surface area contributed by atoms with E-state index < -0.39 is 41.5 Å². The SMILES string of the molecule is CC(Cl)C(=O)NC1(C(=O)N(C)C)CC(F)(F)C1. The van der Waals surface area contributed by atoms with Crippen molar-refractivity contribution in [3.05, 3.63) is 0 Å². The monoisotopic (exact) mass is 268 g/mol. The van der Waals surface area contributed by atoms with E-state index in [1.807, 2.05) is 0 Å². The number of likely N-dealkylation sites (N-methyl/N-ethyl adjacent to an activating group) is 1. The average molecular weight is 269 g/mol. The van der Waals surface area contributed by atoms with E-state index in [9.17, 15) is 18.4 Å². The summed E-state index contributed by atoms with van der Waals surface area (Å²) in [5.41, 5.74) is -1.51. The zero-order valence-electron chi connectivity index (χ0n) is 9.89. The largest absolute Gasteiger partial charge is 0.347 e. The zero-order valence-corrected chi connectivity index (χ0v) is 10.6. The van der Waals surface area contributed by atoms with Crippen LogP contribution in [-0.2, 0) is 9.59 Å². The van der Waals surface area contributed by atoms with E-state index in [0.717, 1.165) is 0 Å². The van der Waals surface area contributed by atoms with Crippen LogP contribution in [0.5, 0.6) is 0 Å². The Bertz CT molecular complexity index is 337. The van der Waals surface area contributed by atoms with Crippen LogP contribution in [0.2, 0.25) is 0 Å². The van der Waals surface area contributed by atoms with Gasteiger partial charge in [0.25, 0.3) is 5.92 Å². The standard InChI is InChI=1S/C10H15ClF2N2O2/c1-6(11)7(16)14-9(8(17)15(2)3)4-10(12,13)5-9/h6H,4-5H2,1-3H3,(H,14,16). The number of hydrogen-bond acceptors (Lipinski definition) is 2. The Balaban J connectivity index is 2.83. The number of carbonyl (C=O) groups is 2. The molecule has 0 aliphatic heterocycles. The fraction of sp³-hybridized carbons (Fsp3) is 0.800. The van der Waals surface area contributed by atoms with Crippen LogP contribution in [0.4, 0.5) is 8.78 Å². The van der Waals surface area contributed by atoms with Crippen LogP contribution < -0.4 is 5.32 Å². The lowest BCUT2D eigenvalue weighted by atomic mass is 9.72. The van der Waals surface area contributed by atoms with Crippen LogP contribution in [0.15, 0.2) is 0 Å². The summed E-state index contributed by atoms with van der Waals surface area (Å²) in [5.74, 6) is -4.06. The molecule has 1 aliphatic carbocycles. The molecule has 1 N–H and O–H groups in total. The number of nitrogens with one attached hydrogen (secondary N) is 1. The Kier molecular flexibility index (Phi) is 3.66. The second kappa shape index (κ2) is 4.40. The quantitative estimate of drug-likeness (QED) is 0.776. The van der Waals surface area contributed by atoms with Crippen molar-refractivity contribution in [1.29, 1.82) is 0 Å². The molecule has 4 nitrogen and oxygen atoms in total. The van der Waals surface area contributed by atoms with Crippen molar-refractivity contribution in [2.45, 2.75) is 36.6 Å². The summed E-state index contributed by atoms with van der Waals surface area (Å²) in [7, 11) is 2.91. The van der Waals surface area contributed by atoms with Crippen LogP contribution >= 0.6 is 11.6 Å². The summed E-state index contributed by atoms with van der Waals surface area (Å²) in [6.45, 7) is 1.42. The van der Waals surface area contributed by atoms with Gasteiger partial charge >= 0.3 is 0 Å². The lowest BCUT2D eigenvalue weighted by molar-refractivity contribution is -0.172. The summed E-state index contributed by atoms with van der Waals surface area (Å²) in [6.07, 6.45) is -1.35. The van der Waals surface area contributed by atoms with E-state index in [4.69, 9.17) is 11.6 Å². The predicted octanol–water partition coefficient (Wildman–Crippen LogP) is 0.986. The second-order valence-electron chi connectivity index (χ2n) is 4.60. The predicted molar refractivity (Wildman–Crippen MR) is 59.1 cm³/mol. The number of hydrogen-bond donors (Lipinski definition) is 1. The molecule has 2 amide bonds. The number of halogens is 3. The number of carbonyl (C=O) groups excluding carboxylic acids is 2. The van der Waals surface area contributed by atoms with Crippen LogP contribution in [-0.4, -0.2) is 47.6 Å². The van der Waals surface area contributed by atoms with Crippen molar-refractivity contribution < 1.29 is 18.4 Å². The highest BCUT2D eigenvalue weighted by molar-refractivity contribution is 6.30. The first-order valence-corrected chi connectivity index (χ1v) is 5.59. The van der Waals surface area contributed by atoms with Crippen LogP contribution in [0.25, 0.3) is 0 Å². The number of nitrogens with zero attached hydrogens (tertiary/aromatic N) is 1. The highest BCUT2D eigenvalue weighted by Gasteiger charge is 2.62. The molecule has 1 fully saturated rings. The molecule has 1 rings (SSSR count). The maximum Gasteiger partial charge on any atom is 0.253 e. The van der Waals surface area contributed by atoms with E-state index in [-0.39, 0.29) is 0 Å². The van der Waals surface area contributed by atoms with Gasteiger partial charge in [-0.25, -0.2) is 8.78 Å². The summed E-state index contributed by atoms with van der Waals surface area (Å²) in [4.78, 5) is 24.4. The van der Waals surface area contributed by atoms with Crippen LogP contribution in [0.3, 0.4) is 0 Å². The molecule has 1 aliphatic rings. The molecule has 0 aromatic heterocycles. The van der Waals surface area contributed by atoms with E-state index in [0.29, 0.717) is 0 Å². The molecule has 1 atom stereocenters. The molecule has 0 aromatic carbocycles. The Morgan fingerprint density at radius 2 is 1.82 bits per heavy atom. The molecule has 0 radical (unpaired) electrons.